The van der Waals surface area contributed by atoms with Crippen LogP contribution in [0.2, 0.25) is 13.1 Å². The molecule has 0 fully saturated rings. The molecular weight excluding hydrogens is 590 g/mol. The molecule has 0 heterocycles. The summed E-state index contributed by atoms with van der Waals surface area (Å²) in [5.41, 5.74) is 7.91. The predicted octanol–water partition coefficient (Wildman–Crippen LogP) is 1.08. The monoisotopic (exact) mass is 618 g/mol. The zero-order chi connectivity index (χ0) is 20.4. The van der Waals surface area contributed by atoms with Crippen LogP contribution in [0.25, 0.3) is 11.1 Å². The molecular formula is C26H28Cl2HfSi-2. The van der Waals surface area contributed by atoms with Crippen molar-refractivity contribution in [2.75, 3.05) is 0 Å². The van der Waals surface area contributed by atoms with Crippen LogP contribution in [0.4, 0.5) is 0 Å². The van der Waals surface area contributed by atoms with Crippen LogP contribution in [-0.4, -0.2) is 5.49 Å². The van der Waals surface area contributed by atoms with E-state index in [1.54, 1.807) is 0 Å². The van der Waals surface area contributed by atoms with Gasteiger partial charge in [-0.25, -0.2) is 0 Å². The summed E-state index contributed by atoms with van der Waals surface area (Å²) in [5, 5.41) is 0. The second-order valence-electron chi connectivity index (χ2n) is 7.13. The van der Waals surface area contributed by atoms with E-state index < -0.39 is 0 Å². The molecule has 0 spiro atoms. The Kier molecular flexibility index (Phi) is 15.3. The Morgan fingerprint density at radius 1 is 0.733 bits per heavy atom. The van der Waals surface area contributed by atoms with Crippen molar-refractivity contribution in [1.29, 1.82) is 0 Å². The molecule has 0 aliphatic heterocycles. The number of hydrogen-bond acceptors (Lipinski definition) is 0. The standard InChI is InChI=1S/2C12H11.C2H6Si.2ClH.Hf/c2*1-10-5-4-8-12(9-10)11-6-2-3-7-11;1-3-2;;;/h2*2,4-6,8-9H,3H2,1H3;1-2H3;2*1H;/q2*-1;;;;+2/p-2. The maximum absolute atomic E-state index is 3.31. The fourth-order valence-corrected chi connectivity index (χ4v) is 2.83. The summed E-state index contributed by atoms with van der Waals surface area (Å²) in [6.07, 6.45) is 17.1. The number of aryl methyl sites for hydroxylation is 2. The Balaban J connectivity index is 0.000000452. The smallest absolute Gasteiger partial charge is 0.0408 e. The molecule has 2 aliphatic carbocycles. The summed E-state index contributed by atoms with van der Waals surface area (Å²) >= 11 is 1.45. The second-order valence-corrected chi connectivity index (χ2v) is 19.9. The van der Waals surface area contributed by atoms with Gasteiger partial charge in [0, 0.05) is 0 Å². The van der Waals surface area contributed by atoms with E-state index in [9.17, 15) is 0 Å². The third-order valence-corrected chi connectivity index (χ3v) is 4.05. The van der Waals surface area contributed by atoms with E-state index in [-0.39, 0.29) is 30.3 Å². The van der Waals surface area contributed by atoms with Crippen molar-refractivity contribution >= 4 is 16.6 Å². The van der Waals surface area contributed by atoms with Gasteiger partial charge in [0.1, 0.15) is 0 Å². The third-order valence-electron chi connectivity index (χ3n) is 4.05. The van der Waals surface area contributed by atoms with Gasteiger partial charge in [-0.05, 0) is 13.8 Å². The van der Waals surface area contributed by atoms with Gasteiger partial charge >= 0.3 is 41.6 Å². The molecule has 4 heteroatoms. The Bertz CT molecular complexity index is 864. The minimum Gasteiger partial charge on any atom is -1.00 e. The number of benzene rings is 2. The first-order chi connectivity index (χ1) is 13.5. The van der Waals surface area contributed by atoms with E-state index in [1.165, 1.54) is 56.4 Å². The summed E-state index contributed by atoms with van der Waals surface area (Å²) < 4.78 is 0. The zero-order valence-electron chi connectivity index (χ0n) is 18.1. The number of hydrogen-bond donors (Lipinski definition) is 0. The zero-order valence-corrected chi connectivity index (χ0v) is 24.2. The first kappa shape index (κ1) is 29.1. The molecule has 0 bridgehead atoms. The van der Waals surface area contributed by atoms with E-state index in [0.29, 0.717) is 0 Å². The SMILES string of the molecule is C[Si](C)=[Hf+2].Cc1cccc(C2=[C-]CC=C2)c1.Cc1cccc(C2=[C-]CC=C2)c1.[Cl-].[Cl-]. The quantitative estimate of drug-likeness (QED) is 0.350. The van der Waals surface area contributed by atoms with Crippen LogP contribution in [0.3, 0.4) is 0 Å². The Labute approximate surface area is 210 Å². The van der Waals surface area contributed by atoms with Crippen LogP contribution < -0.4 is 24.8 Å². The second kappa shape index (κ2) is 15.8. The summed E-state index contributed by atoms with van der Waals surface area (Å²) in [6, 6.07) is 17.1. The Hall–Kier alpha value is -0.933. The van der Waals surface area contributed by atoms with Gasteiger partial charge in [-0.3, -0.25) is 0 Å². The van der Waals surface area contributed by atoms with Crippen molar-refractivity contribution in [3.8, 4) is 0 Å². The molecule has 0 nitrogen and oxygen atoms in total. The van der Waals surface area contributed by atoms with Gasteiger partial charge in [0.05, 0.1) is 0 Å². The molecule has 0 radical (unpaired) electrons. The topological polar surface area (TPSA) is 0 Å². The largest absolute Gasteiger partial charge is 1.00 e. The van der Waals surface area contributed by atoms with Crippen molar-refractivity contribution in [2.24, 2.45) is 0 Å². The molecule has 2 aromatic carbocycles. The molecule has 156 valence electrons. The number of rotatable bonds is 2. The molecule has 2 aliphatic rings. The maximum Gasteiger partial charge on any atom is -0.0408 e. The van der Waals surface area contributed by atoms with Crippen molar-refractivity contribution in [2.45, 2.75) is 39.8 Å². The molecule has 0 saturated carbocycles. The van der Waals surface area contributed by atoms with E-state index in [4.69, 9.17) is 0 Å². The van der Waals surface area contributed by atoms with Crippen LogP contribution in [0, 0.1) is 26.0 Å². The fourth-order valence-electron chi connectivity index (χ4n) is 2.83. The number of allylic oxidation sites excluding steroid dienone is 8. The van der Waals surface area contributed by atoms with Crippen molar-refractivity contribution in [3.63, 3.8) is 0 Å². The molecule has 0 N–H and O–H groups in total. The van der Waals surface area contributed by atoms with E-state index in [0.717, 1.165) is 12.8 Å². The molecule has 30 heavy (non-hydrogen) atoms. The van der Waals surface area contributed by atoms with Gasteiger partial charge in [0.15, 0.2) is 0 Å². The van der Waals surface area contributed by atoms with Crippen molar-refractivity contribution in [1.82, 2.24) is 0 Å². The van der Waals surface area contributed by atoms with Gasteiger partial charge in [-0.15, -0.1) is 47.5 Å². The van der Waals surface area contributed by atoms with Crippen LogP contribution in [-0.2, 0) is 23.0 Å². The molecule has 0 aromatic heterocycles. The average molecular weight is 618 g/mol. The van der Waals surface area contributed by atoms with Crippen molar-refractivity contribution in [3.05, 3.63) is 107 Å². The summed E-state index contributed by atoms with van der Waals surface area (Å²) in [6.45, 7) is 8.89. The Morgan fingerprint density at radius 3 is 1.37 bits per heavy atom. The fraction of sp³-hybridized carbons (Fsp3) is 0.231. The van der Waals surface area contributed by atoms with Crippen LogP contribution in [0.1, 0.15) is 35.1 Å². The molecule has 2 aromatic rings. The maximum atomic E-state index is 3.31. The van der Waals surface area contributed by atoms with Gasteiger partial charge in [0.2, 0.25) is 0 Å². The molecule has 0 amide bonds. The molecule has 0 atom stereocenters. The normalized spacial score (nSPS) is 12.9. The van der Waals surface area contributed by atoms with Crippen molar-refractivity contribution < 1.29 is 47.8 Å². The first-order valence-electron chi connectivity index (χ1n) is 9.66. The van der Waals surface area contributed by atoms with E-state index >= 15 is 0 Å². The van der Waals surface area contributed by atoms with Gasteiger partial charge in [-0.2, -0.15) is 35.5 Å². The van der Waals surface area contributed by atoms with Gasteiger partial charge in [0.25, 0.3) is 0 Å². The molecule has 0 saturated heterocycles. The minimum atomic E-state index is 0. The summed E-state index contributed by atoms with van der Waals surface area (Å²) in [4.78, 5) is 0. The van der Waals surface area contributed by atoms with Gasteiger partial charge in [-0.1, -0.05) is 48.2 Å². The summed E-state index contributed by atoms with van der Waals surface area (Å²) in [5.74, 6) is 0. The number of halogens is 2. The minimum absolute atomic E-state index is 0. The van der Waals surface area contributed by atoms with Crippen LogP contribution >= 0.6 is 0 Å². The third kappa shape index (κ3) is 10.9. The summed E-state index contributed by atoms with van der Waals surface area (Å²) in [7, 11) is 0. The molecule has 0 unspecified atom stereocenters. The predicted molar refractivity (Wildman–Crippen MR) is 121 cm³/mol. The van der Waals surface area contributed by atoms with Crippen LogP contribution in [0.5, 0.6) is 0 Å². The first-order valence-corrected chi connectivity index (χ1v) is 17.5. The Morgan fingerprint density at radius 2 is 1.10 bits per heavy atom. The van der Waals surface area contributed by atoms with E-state index in [2.05, 4.69) is 112 Å². The van der Waals surface area contributed by atoms with Gasteiger partial charge < -0.3 is 24.8 Å². The van der Waals surface area contributed by atoms with Crippen LogP contribution in [0.15, 0.2) is 72.8 Å². The average Bonchev–Trinajstić information content (AvgIpc) is 3.36. The van der Waals surface area contributed by atoms with E-state index in [1.807, 2.05) is 0 Å². The molecule has 4 rings (SSSR count).